The molecular weight excluding hydrogens is 328 g/mol. The number of fused-ring (bicyclic) bond motifs is 1. The van der Waals surface area contributed by atoms with E-state index in [1.807, 2.05) is 34.8 Å². The van der Waals surface area contributed by atoms with Gasteiger partial charge in [0, 0.05) is 10.4 Å². The van der Waals surface area contributed by atoms with Gasteiger partial charge in [0.2, 0.25) is 10.1 Å². The highest BCUT2D eigenvalue weighted by Crippen LogP contribution is 2.28. The Morgan fingerprint density at radius 3 is 2.91 bits per heavy atom. The molecule has 0 aliphatic heterocycles. The first kappa shape index (κ1) is 14.4. The molecule has 0 fully saturated rings. The lowest BCUT2D eigenvalue weighted by Crippen LogP contribution is -1.98. The highest BCUT2D eigenvalue weighted by atomic mass is 32.1. The number of aromatic nitrogens is 3. The first-order valence-corrected chi connectivity index (χ1v) is 8.85. The number of anilines is 1. The number of rotatable bonds is 5. The molecule has 0 aliphatic carbocycles. The van der Waals surface area contributed by atoms with E-state index in [4.69, 9.17) is 0 Å². The Morgan fingerprint density at radius 2 is 2.09 bits per heavy atom. The molecule has 2 N–H and O–H groups in total. The number of nitrogens with one attached hydrogen (secondary N) is 1. The van der Waals surface area contributed by atoms with E-state index in [0.717, 1.165) is 33.5 Å². The van der Waals surface area contributed by atoms with Crippen molar-refractivity contribution in [3.8, 4) is 11.3 Å². The summed E-state index contributed by atoms with van der Waals surface area (Å²) in [6, 6.07) is 11.9. The van der Waals surface area contributed by atoms with Crippen molar-refractivity contribution in [2.24, 2.45) is 0 Å². The molecule has 116 valence electrons. The van der Waals surface area contributed by atoms with Gasteiger partial charge in [0.1, 0.15) is 0 Å². The Labute approximate surface area is 140 Å². The maximum Gasteiger partial charge on any atom is 0.214 e. The smallest absolute Gasteiger partial charge is 0.214 e. The summed E-state index contributed by atoms with van der Waals surface area (Å²) < 4.78 is 1.83. The van der Waals surface area contributed by atoms with Crippen LogP contribution in [0.3, 0.4) is 0 Å². The second-order valence-electron chi connectivity index (χ2n) is 4.99. The molecule has 0 spiro atoms. The molecule has 4 aromatic rings. The van der Waals surface area contributed by atoms with E-state index in [1.165, 1.54) is 16.2 Å². The van der Waals surface area contributed by atoms with Gasteiger partial charge in [0.25, 0.3) is 0 Å². The minimum absolute atomic E-state index is 0.00295. The quantitative estimate of drug-likeness (QED) is 0.581. The summed E-state index contributed by atoms with van der Waals surface area (Å²) in [5, 5.41) is 20.4. The van der Waals surface area contributed by atoms with E-state index < -0.39 is 0 Å². The summed E-state index contributed by atoms with van der Waals surface area (Å²) in [7, 11) is 0. The third-order valence-electron chi connectivity index (χ3n) is 3.54. The molecule has 0 unspecified atom stereocenters. The van der Waals surface area contributed by atoms with Crippen LogP contribution in [0.5, 0.6) is 0 Å². The summed E-state index contributed by atoms with van der Waals surface area (Å²) in [5.41, 5.74) is 2.72. The number of hydrogen-bond donors (Lipinski definition) is 2. The third-order valence-corrected chi connectivity index (χ3v) is 5.30. The molecular formula is C16H14N4OS2. The number of thiophene rings is 1. The van der Waals surface area contributed by atoms with Crippen molar-refractivity contribution in [2.75, 3.05) is 5.32 Å². The maximum absolute atomic E-state index is 9.53. The number of nitrogens with zero attached hydrogens (tertiary/aromatic N) is 3. The van der Waals surface area contributed by atoms with E-state index in [-0.39, 0.29) is 6.61 Å². The van der Waals surface area contributed by atoms with Crippen LogP contribution in [0.15, 0.2) is 48.0 Å². The molecule has 23 heavy (non-hydrogen) atoms. The molecule has 0 bridgehead atoms. The van der Waals surface area contributed by atoms with Crippen molar-refractivity contribution >= 4 is 32.8 Å². The number of benzene rings is 1. The first-order chi connectivity index (χ1) is 11.3. The van der Waals surface area contributed by atoms with Crippen LogP contribution < -0.4 is 5.32 Å². The molecule has 1 aromatic carbocycles. The van der Waals surface area contributed by atoms with Crippen LogP contribution >= 0.6 is 22.7 Å². The Balaban J connectivity index is 1.66. The molecule has 0 atom stereocenters. The summed E-state index contributed by atoms with van der Waals surface area (Å²) in [6.07, 6.45) is 1.80. The fourth-order valence-electron chi connectivity index (χ4n) is 2.43. The zero-order valence-corrected chi connectivity index (χ0v) is 13.8. The topological polar surface area (TPSA) is 62.5 Å². The lowest BCUT2D eigenvalue weighted by Gasteiger charge is -2.05. The van der Waals surface area contributed by atoms with Gasteiger partial charge in [-0.3, -0.25) is 0 Å². The molecule has 7 heteroatoms. The molecule has 0 saturated carbocycles. The Morgan fingerprint density at radius 1 is 1.17 bits per heavy atom. The number of aliphatic hydroxyl groups excluding tert-OH is 1. The van der Waals surface area contributed by atoms with Crippen LogP contribution in [0.1, 0.15) is 10.4 Å². The summed E-state index contributed by atoms with van der Waals surface area (Å²) in [6.45, 7) is 0.758. The number of aliphatic hydroxyl groups is 1. The second-order valence-corrected chi connectivity index (χ2v) is 6.98. The van der Waals surface area contributed by atoms with Gasteiger partial charge in [-0.1, -0.05) is 41.7 Å². The molecule has 0 aliphatic rings. The van der Waals surface area contributed by atoms with Gasteiger partial charge < -0.3 is 10.4 Å². The predicted octanol–water partition coefficient (Wildman–Crippen LogP) is 3.62. The highest BCUT2D eigenvalue weighted by molar-refractivity contribution is 7.20. The standard InChI is InChI=1S/C16H14N4OS2/c21-10-11-4-1-2-6-13(11)14-9-18-16-20(14)19-15(23-16)17-8-12-5-3-7-22-12/h1-7,9,21H,8,10H2,(H,17,19). The monoisotopic (exact) mass is 342 g/mol. The molecule has 0 amide bonds. The SMILES string of the molecule is OCc1ccccc1-c1cnc2sc(NCc3cccs3)nn12. The predicted molar refractivity (Wildman–Crippen MR) is 93.9 cm³/mol. The van der Waals surface area contributed by atoms with Gasteiger partial charge >= 0.3 is 0 Å². The second kappa shape index (κ2) is 6.11. The van der Waals surface area contributed by atoms with Gasteiger partial charge in [-0.25, -0.2) is 9.50 Å². The van der Waals surface area contributed by atoms with Crippen molar-refractivity contribution < 1.29 is 5.11 Å². The van der Waals surface area contributed by atoms with Crippen molar-refractivity contribution in [2.45, 2.75) is 13.2 Å². The largest absolute Gasteiger partial charge is 0.392 e. The van der Waals surface area contributed by atoms with Gasteiger partial charge in [-0.2, -0.15) is 0 Å². The highest BCUT2D eigenvalue weighted by Gasteiger charge is 2.13. The first-order valence-electron chi connectivity index (χ1n) is 7.15. The summed E-state index contributed by atoms with van der Waals surface area (Å²) in [4.78, 5) is 6.54. The lowest BCUT2D eigenvalue weighted by atomic mass is 10.1. The third kappa shape index (κ3) is 2.74. The normalized spacial score (nSPS) is 11.2. The van der Waals surface area contributed by atoms with E-state index >= 15 is 0 Å². The van der Waals surface area contributed by atoms with Crippen LogP contribution in [-0.2, 0) is 13.2 Å². The Hall–Kier alpha value is -2.22. The van der Waals surface area contributed by atoms with Crippen LogP contribution in [0.4, 0.5) is 5.13 Å². The van der Waals surface area contributed by atoms with E-state index in [2.05, 4.69) is 26.8 Å². The molecule has 4 rings (SSSR count). The number of hydrogen-bond acceptors (Lipinski definition) is 6. The van der Waals surface area contributed by atoms with Gasteiger partial charge in [-0.05, 0) is 17.0 Å². The van der Waals surface area contributed by atoms with Gasteiger partial charge in [0.15, 0.2) is 0 Å². The number of imidazole rings is 1. The average molecular weight is 342 g/mol. The fraction of sp³-hybridized carbons (Fsp3) is 0.125. The summed E-state index contributed by atoms with van der Waals surface area (Å²) in [5.74, 6) is 0. The maximum atomic E-state index is 9.53. The van der Waals surface area contributed by atoms with Crippen LogP contribution in [0, 0.1) is 0 Å². The average Bonchev–Trinajstić information content (AvgIpc) is 3.29. The molecule has 0 radical (unpaired) electrons. The summed E-state index contributed by atoms with van der Waals surface area (Å²) >= 11 is 3.24. The van der Waals surface area contributed by atoms with Crippen molar-refractivity contribution in [1.82, 2.24) is 14.6 Å². The van der Waals surface area contributed by atoms with E-state index in [1.54, 1.807) is 17.5 Å². The molecule has 3 aromatic heterocycles. The van der Waals surface area contributed by atoms with Crippen molar-refractivity contribution in [3.63, 3.8) is 0 Å². The van der Waals surface area contributed by atoms with Crippen molar-refractivity contribution in [1.29, 1.82) is 0 Å². The zero-order valence-electron chi connectivity index (χ0n) is 12.1. The van der Waals surface area contributed by atoms with Gasteiger partial charge in [-0.15, -0.1) is 16.4 Å². The molecule has 3 heterocycles. The molecule has 5 nitrogen and oxygen atoms in total. The van der Waals surface area contributed by atoms with Crippen molar-refractivity contribution in [3.05, 3.63) is 58.4 Å². The van der Waals surface area contributed by atoms with Gasteiger partial charge in [0.05, 0.1) is 25.0 Å². The van der Waals surface area contributed by atoms with Crippen LogP contribution in [0.2, 0.25) is 0 Å². The van der Waals surface area contributed by atoms with E-state index in [9.17, 15) is 5.11 Å². The van der Waals surface area contributed by atoms with Crippen LogP contribution in [0.25, 0.3) is 16.2 Å². The Kier molecular flexibility index (Phi) is 3.82. The minimum Gasteiger partial charge on any atom is -0.392 e. The van der Waals surface area contributed by atoms with E-state index in [0.29, 0.717) is 0 Å². The molecule has 0 saturated heterocycles. The Bertz CT molecular complexity index is 927. The fourth-order valence-corrected chi connectivity index (χ4v) is 3.85. The zero-order chi connectivity index (χ0) is 15.6. The minimum atomic E-state index is -0.00295. The van der Waals surface area contributed by atoms with Crippen LogP contribution in [-0.4, -0.2) is 19.7 Å². The lowest BCUT2D eigenvalue weighted by molar-refractivity contribution is 0.282.